The predicted octanol–water partition coefficient (Wildman–Crippen LogP) is 6.03. The van der Waals surface area contributed by atoms with Gasteiger partial charge in [-0.2, -0.15) is 5.26 Å². The number of nitriles is 1. The summed E-state index contributed by atoms with van der Waals surface area (Å²) in [6.07, 6.45) is 1.41. The van der Waals surface area contributed by atoms with Crippen LogP contribution in [0.5, 0.6) is 17.2 Å². The SMILES string of the molecule is [3H]C([3H])([3H])N(CCCC(C#N)(c1cc(OC)c(OC)c(OC)c1)C(C)C)CCc1cccc(N=[N+]=[N-])c1. The van der Waals surface area contributed by atoms with Gasteiger partial charge in [0.05, 0.1) is 32.8 Å². The lowest BCUT2D eigenvalue weighted by Crippen LogP contribution is -2.32. The monoisotopic (exact) mass is 471 g/mol. The van der Waals surface area contributed by atoms with Gasteiger partial charge in [-0.15, -0.1) is 0 Å². The van der Waals surface area contributed by atoms with Gasteiger partial charge in [0.2, 0.25) is 5.75 Å². The van der Waals surface area contributed by atoms with Crippen molar-refractivity contribution in [2.75, 3.05) is 41.4 Å². The van der Waals surface area contributed by atoms with E-state index in [1.807, 2.05) is 19.9 Å². The Hall–Kier alpha value is -3.40. The molecule has 0 heterocycles. The summed E-state index contributed by atoms with van der Waals surface area (Å²) >= 11 is 0. The van der Waals surface area contributed by atoms with Crippen LogP contribution in [0.15, 0.2) is 41.5 Å². The molecule has 0 aliphatic carbocycles. The molecule has 8 nitrogen and oxygen atoms in total. The van der Waals surface area contributed by atoms with Gasteiger partial charge in [-0.05, 0) is 73.6 Å². The van der Waals surface area contributed by atoms with Crippen LogP contribution in [0.3, 0.4) is 0 Å². The lowest BCUT2D eigenvalue weighted by molar-refractivity contribution is 0.290. The molecule has 34 heavy (non-hydrogen) atoms. The highest BCUT2D eigenvalue weighted by atomic mass is 16.5. The van der Waals surface area contributed by atoms with Crippen molar-refractivity contribution in [3.63, 3.8) is 0 Å². The smallest absolute Gasteiger partial charge is 0.203 e. The molecule has 8 heteroatoms. The van der Waals surface area contributed by atoms with Gasteiger partial charge < -0.3 is 19.1 Å². The maximum absolute atomic E-state index is 10.4. The van der Waals surface area contributed by atoms with Crippen molar-refractivity contribution < 1.29 is 18.3 Å². The number of likely N-dealkylation sites (N-methyl/N-ethyl adjacent to an activating group) is 1. The molecule has 0 amide bonds. The fraction of sp³-hybridized carbons (Fsp3) is 0.500. The third-order valence-electron chi connectivity index (χ3n) is 6.11. The van der Waals surface area contributed by atoms with Crippen LogP contribution >= 0.6 is 0 Å². The summed E-state index contributed by atoms with van der Waals surface area (Å²) < 4.78 is 40.5. The molecule has 0 fully saturated rings. The predicted molar refractivity (Wildman–Crippen MR) is 134 cm³/mol. The molecule has 182 valence electrons. The van der Waals surface area contributed by atoms with Crippen LogP contribution in [-0.2, 0) is 11.8 Å². The third kappa shape index (κ3) is 6.34. The average Bonchev–Trinajstić information content (AvgIpc) is 2.87. The Bertz CT molecular complexity index is 1120. The summed E-state index contributed by atoms with van der Waals surface area (Å²) in [6.45, 7) is 2.24. The normalized spacial score (nSPS) is 14.2. The topological polar surface area (TPSA) is 103 Å². The summed E-state index contributed by atoms with van der Waals surface area (Å²) in [4.78, 5) is 4.25. The van der Waals surface area contributed by atoms with E-state index in [0.29, 0.717) is 48.7 Å². The van der Waals surface area contributed by atoms with Crippen molar-refractivity contribution in [3.05, 3.63) is 58.0 Å². The number of benzene rings is 2. The molecule has 1 atom stereocenters. The lowest BCUT2D eigenvalue weighted by atomic mass is 9.69. The summed E-state index contributed by atoms with van der Waals surface area (Å²) in [5.41, 5.74) is 9.86. The van der Waals surface area contributed by atoms with Crippen LogP contribution in [0, 0.1) is 17.2 Å². The Morgan fingerprint density at radius 2 is 1.85 bits per heavy atom. The molecule has 2 aromatic rings. The molecule has 0 bridgehead atoms. The quantitative estimate of drug-likeness (QED) is 0.202. The number of hydrogen-bond donors (Lipinski definition) is 0. The molecule has 0 spiro atoms. The van der Waals surface area contributed by atoms with Gasteiger partial charge >= 0.3 is 0 Å². The molecule has 0 radical (unpaired) electrons. The fourth-order valence-electron chi connectivity index (χ4n) is 4.10. The van der Waals surface area contributed by atoms with Crippen molar-refractivity contribution in [2.45, 2.75) is 38.5 Å². The highest BCUT2D eigenvalue weighted by molar-refractivity contribution is 5.56. The van der Waals surface area contributed by atoms with Crippen LogP contribution in [0.25, 0.3) is 10.4 Å². The van der Waals surface area contributed by atoms with Crippen molar-refractivity contribution in [1.29, 1.82) is 5.26 Å². The van der Waals surface area contributed by atoms with Crippen molar-refractivity contribution >= 4 is 5.69 Å². The first-order chi connectivity index (χ1) is 17.6. The highest BCUT2D eigenvalue weighted by Gasteiger charge is 2.37. The van der Waals surface area contributed by atoms with E-state index < -0.39 is 12.4 Å². The summed E-state index contributed by atoms with van der Waals surface area (Å²) in [5, 5.41) is 14.0. The zero-order valence-corrected chi connectivity index (χ0v) is 20.5. The first-order valence-electron chi connectivity index (χ1n) is 12.7. The minimum Gasteiger partial charge on any atom is -0.493 e. The van der Waals surface area contributed by atoms with Gasteiger partial charge in [0.15, 0.2) is 11.5 Å². The van der Waals surface area contributed by atoms with Crippen LogP contribution in [0.2, 0.25) is 0 Å². The summed E-state index contributed by atoms with van der Waals surface area (Å²) in [6, 6.07) is 13.2. The maximum Gasteiger partial charge on any atom is 0.203 e. The second kappa shape index (κ2) is 12.7. The number of hydrogen-bond acceptors (Lipinski definition) is 6. The number of azide groups is 1. The molecule has 1 unspecified atom stereocenters. The van der Waals surface area contributed by atoms with Crippen molar-refractivity contribution in [2.24, 2.45) is 11.0 Å². The van der Waals surface area contributed by atoms with Gasteiger partial charge in [-0.3, -0.25) is 0 Å². The maximum atomic E-state index is 10.4. The standard InChI is InChI=1S/C26H35N5O3/c1-19(2)26(18-27,21-16-23(32-4)25(34-6)24(17-21)33-5)12-8-13-31(3)14-11-20-9-7-10-22(15-20)29-30-28/h7,9-10,15-17,19H,8,11-14H2,1-6H3/i3T3. The summed E-state index contributed by atoms with van der Waals surface area (Å²) in [5.74, 6) is 1.31. The van der Waals surface area contributed by atoms with E-state index in [-0.39, 0.29) is 12.5 Å². The van der Waals surface area contributed by atoms with E-state index in [2.05, 4.69) is 16.1 Å². The fourth-order valence-corrected chi connectivity index (χ4v) is 4.10. The number of nitrogens with zero attached hydrogens (tertiary/aromatic N) is 5. The Kier molecular flexibility index (Phi) is 8.39. The van der Waals surface area contributed by atoms with E-state index in [1.54, 1.807) is 30.3 Å². The molecule has 0 aromatic heterocycles. The number of methoxy groups -OCH3 is 3. The molecule has 0 aliphatic rings. The Morgan fingerprint density at radius 1 is 1.15 bits per heavy atom. The van der Waals surface area contributed by atoms with Gasteiger partial charge in [0.1, 0.15) is 0 Å². The second-order valence-electron chi connectivity index (χ2n) is 8.35. The Balaban J connectivity index is 2.26. The number of rotatable bonds is 13. The van der Waals surface area contributed by atoms with Gasteiger partial charge in [-0.25, -0.2) is 0 Å². The Labute approximate surface area is 206 Å². The van der Waals surface area contributed by atoms with E-state index in [1.165, 1.54) is 26.2 Å². The Morgan fingerprint density at radius 3 is 2.38 bits per heavy atom. The van der Waals surface area contributed by atoms with Gasteiger partial charge in [0, 0.05) is 21.3 Å². The van der Waals surface area contributed by atoms with E-state index in [0.717, 1.165) is 11.1 Å². The lowest BCUT2D eigenvalue weighted by Gasteiger charge is -2.33. The third-order valence-corrected chi connectivity index (χ3v) is 6.11. The first kappa shape index (κ1) is 22.4. The zero-order chi connectivity index (χ0) is 27.6. The zero-order valence-electron chi connectivity index (χ0n) is 23.5. The molecule has 0 saturated heterocycles. The largest absolute Gasteiger partial charge is 0.493 e. The molecular formula is C26H35N5O3. The van der Waals surface area contributed by atoms with Crippen LogP contribution in [0.1, 0.15) is 41.9 Å². The van der Waals surface area contributed by atoms with Crippen molar-refractivity contribution in [1.82, 2.24) is 4.90 Å². The first-order valence-corrected chi connectivity index (χ1v) is 11.2. The van der Waals surface area contributed by atoms with Crippen molar-refractivity contribution in [3.8, 4) is 23.3 Å². The van der Waals surface area contributed by atoms with Crippen LogP contribution < -0.4 is 14.2 Å². The van der Waals surface area contributed by atoms with Gasteiger partial charge in [0.25, 0.3) is 0 Å². The van der Waals surface area contributed by atoms with E-state index in [4.69, 9.17) is 23.9 Å². The molecule has 0 N–H and O–H groups in total. The van der Waals surface area contributed by atoms with Crippen LogP contribution in [0.4, 0.5) is 5.69 Å². The number of ether oxygens (including phenoxy) is 3. The second-order valence-corrected chi connectivity index (χ2v) is 8.35. The molecule has 0 aliphatic heterocycles. The minimum atomic E-state index is -2.29. The van der Waals surface area contributed by atoms with E-state index >= 15 is 0 Å². The summed E-state index contributed by atoms with van der Waals surface area (Å²) in [7, 11) is 4.58. The minimum absolute atomic E-state index is 0.0649. The highest BCUT2D eigenvalue weighted by Crippen LogP contribution is 2.45. The molecule has 0 saturated carbocycles. The molecular weight excluding hydrogens is 430 g/mol. The average molecular weight is 472 g/mol. The van der Waals surface area contributed by atoms with E-state index in [9.17, 15) is 5.26 Å². The van der Waals surface area contributed by atoms with Crippen LogP contribution in [-0.4, -0.2) is 46.3 Å². The van der Waals surface area contributed by atoms with Gasteiger partial charge in [-0.1, -0.05) is 37.2 Å². The molecule has 2 aromatic carbocycles. The molecule has 2 rings (SSSR count).